The SMILES string of the molecule is CCNC(C)c1nnc(CCc2ccco2)o1. The van der Waals surface area contributed by atoms with E-state index in [1.165, 1.54) is 0 Å². The average Bonchev–Trinajstić information content (AvgIpc) is 2.98. The van der Waals surface area contributed by atoms with Gasteiger partial charge in [0, 0.05) is 12.8 Å². The van der Waals surface area contributed by atoms with Gasteiger partial charge in [0.25, 0.3) is 0 Å². The van der Waals surface area contributed by atoms with Gasteiger partial charge in [-0.3, -0.25) is 0 Å². The van der Waals surface area contributed by atoms with Crippen molar-refractivity contribution in [2.45, 2.75) is 32.7 Å². The van der Waals surface area contributed by atoms with Crippen LogP contribution in [0.2, 0.25) is 0 Å². The zero-order valence-electron chi connectivity index (χ0n) is 10.1. The maximum absolute atomic E-state index is 5.57. The van der Waals surface area contributed by atoms with Gasteiger partial charge in [-0.2, -0.15) is 0 Å². The normalized spacial score (nSPS) is 12.8. The molecule has 0 amide bonds. The molecule has 2 aromatic heterocycles. The van der Waals surface area contributed by atoms with Crippen LogP contribution in [0.4, 0.5) is 0 Å². The summed E-state index contributed by atoms with van der Waals surface area (Å²) in [5.74, 6) is 2.23. The van der Waals surface area contributed by atoms with Crippen LogP contribution < -0.4 is 5.32 Å². The van der Waals surface area contributed by atoms with Gasteiger partial charge >= 0.3 is 0 Å². The Hall–Kier alpha value is -1.62. The van der Waals surface area contributed by atoms with Crippen LogP contribution in [0.15, 0.2) is 27.2 Å². The fourth-order valence-electron chi connectivity index (χ4n) is 1.62. The van der Waals surface area contributed by atoms with E-state index in [1.807, 2.05) is 26.0 Å². The lowest BCUT2D eigenvalue weighted by Crippen LogP contribution is -2.17. The molecule has 0 saturated carbocycles. The van der Waals surface area contributed by atoms with E-state index in [2.05, 4.69) is 15.5 Å². The van der Waals surface area contributed by atoms with Crippen molar-refractivity contribution in [1.82, 2.24) is 15.5 Å². The van der Waals surface area contributed by atoms with E-state index in [-0.39, 0.29) is 6.04 Å². The Labute approximate surface area is 100 Å². The Morgan fingerprint density at radius 1 is 1.35 bits per heavy atom. The molecule has 5 nitrogen and oxygen atoms in total. The van der Waals surface area contributed by atoms with Crippen LogP contribution in [0.1, 0.15) is 37.4 Å². The van der Waals surface area contributed by atoms with E-state index < -0.39 is 0 Å². The highest BCUT2D eigenvalue weighted by Gasteiger charge is 2.12. The fraction of sp³-hybridized carbons (Fsp3) is 0.500. The van der Waals surface area contributed by atoms with Gasteiger partial charge in [-0.05, 0) is 25.6 Å². The third kappa shape index (κ3) is 3.17. The second-order valence-electron chi connectivity index (χ2n) is 3.89. The fourth-order valence-corrected chi connectivity index (χ4v) is 1.62. The number of nitrogens with zero attached hydrogens (tertiary/aromatic N) is 2. The number of aromatic nitrogens is 2. The summed E-state index contributed by atoms with van der Waals surface area (Å²) in [5, 5.41) is 11.3. The molecular weight excluding hydrogens is 218 g/mol. The van der Waals surface area contributed by atoms with E-state index in [0.717, 1.165) is 18.7 Å². The summed E-state index contributed by atoms with van der Waals surface area (Å²) in [6.45, 7) is 4.93. The van der Waals surface area contributed by atoms with E-state index in [0.29, 0.717) is 18.2 Å². The molecule has 2 heterocycles. The van der Waals surface area contributed by atoms with Crippen molar-refractivity contribution in [2.75, 3.05) is 6.54 Å². The summed E-state index contributed by atoms with van der Waals surface area (Å²) in [4.78, 5) is 0. The van der Waals surface area contributed by atoms with Gasteiger partial charge in [0.2, 0.25) is 11.8 Å². The van der Waals surface area contributed by atoms with Crippen LogP contribution in [0.3, 0.4) is 0 Å². The topological polar surface area (TPSA) is 64.1 Å². The van der Waals surface area contributed by atoms with Gasteiger partial charge in [-0.15, -0.1) is 10.2 Å². The molecule has 1 N–H and O–H groups in total. The smallest absolute Gasteiger partial charge is 0.233 e. The molecule has 1 unspecified atom stereocenters. The molecule has 0 bridgehead atoms. The summed E-state index contributed by atoms with van der Waals surface area (Å²) >= 11 is 0. The molecule has 5 heteroatoms. The maximum Gasteiger partial charge on any atom is 0.233 e. The highest BCUT2D eigenvalue weighted by atomic mass is 16.4. The molecule has 17 heavy (non-hydrogen) atoms. The van der Waals surface area contributed by atoms with Gasteiger partial charge in [-0.25, -0.2) is 0 Å². The molecule has 0 aromatic carbocycles. The van der Waals surface area contributed by atoms with Crippen LogP contribution in [0.25, 0.3) is 0 Å². The second kappa shape index (κ2) is 5.63. The highest BCUT2D eigenvalue weighted by Crippen LogP contribution is 2.12. The minimum atomic E-state index is 0.102. The lowest BCUT2D eigenvalue weighted by atomic mass is 10.2. The predicted molar refractivity (Wildman–Crippen MR) is 62.5 cm³/mol. The average molecular weight is 235 g/mol. The molecule has 1 atom stereocenters. The van der Waals surface area contributed by atoms with Gasteiger partial charge in [0.15, 0.2) is 0 Å². The summed E-state index contributed by atoms with van der Waals surface area (Å²) in [5.41, 5.74) is 0. The molecule has 2 rings (SSSR count). The zero-order valence-corrected chi connectivity index (χ0v) is 10.1. The number of hydrogen-bond acceptors (Lipinski definition) is 5. The van der Waals surface area contributed by atoms with Gasteiger partial charge in [0.05, 0.1) is 12.3 Å². The summed E-state index contributed by atoms with van der Waals surface area (Å²) in [7, 11) is 0. The molecule has 0 saturated heterocycles. The number of rotatable bonds is 6. The summed E-state index contributed by atoms with van der Waals surface area (Å²) in [6.07, 6.45) is 3.16. The standard InChI is InChI=1S/C12H17N3O2/c1-3-13-9(2)12-15-14-11(17-12)7-6-10-5-4-8-16-10/h4-5,8-9,13H,3,6-7H2,1-2H3. The molecule has 0 radical (unpaired) electrons. The zero-order chi connectivity index (χ0) is 12.1. The van der Waals surface area contributed by atoms with Crippen LogP contribution in [0.5, 0.6) is 0 Å². The van der Waals surface area contributed by atoms with Crippen LogP contribution in [-0.2, 0) is 12.8 Å². The predicted octanol–water partition coefficient (Wildman–Crippen LogP) is 2.12. The van der Waals surface area contributed by atoms with E-state index in [9.17, 15) is 0 Å². The minimum absolute atomic E-state index is 0.102. The Morgan fingerprint density at radius 2 is 2.24 bits per heavy atom. The van der Waals surface area contributed by atoms with Crippen LogP contribution in [0, 0.1) is 0 Å². The summed E-state index contributed by atoms with van der Waals surface area (Å²) < 4.78 is 10.8. The summed E-state index contributed by atoms with van der Waals surface area (Å²) in [6, 6.07) is 3.92. The number of aryl methyl sites for hydroxylation is 2. The number of hydrogen-bond donors (Lipinski definition) is 1. The molecule has 2 aromatic rings. The first-order chi connectivity index (χ1) is 8.29. The van der Waals surface area contributed by atoms with Gasteiger partial charge < -0.3 is 14.2 Å². The monoisotopic (exact) mass is 235 g/mol. The van der Waals surface area contributed by atoms with Gasteiger partial charge in [-0.1, -0.05) is 6.92 Å². The van der Waals surface area contributed by atoms with Crippen molar-refractivity contribution in [2.24, 2.45) is 0 Å². The Morgan fingerprint density at radius 3 is 2.94 bits per heavy atom. The quantitative estimate of drug-likeness (QED) is 0.830. The van der Waals surface area contributed by atoms with Crippen molar-refractivity contribution >= 4 is 0 Å². The first-order valence-electron chi connectivity index (χ1n) is 5.87. The molecule has 0 fully saturated rings. The number of nitrogens with one attached hydrogen (secondary N) is 1. The molecular formula is C12H17N3O2. The van der Waals surface area contributed by atoms with Crippen molar-refractivity contribution < 1.29 is 8.83 Å². The van der Waals surface area contributed by atoms with Crippen molar-refractivity contribution in [3.63, 3.8) is 0 Å². The lowest BCUT2D eigenvalue weighted by molar-refractivity contribution is 0.392. The third-order valence-corrected chi connectivity index (χ3v) is 2.53. The molecule has 92 valence electrons. The Kier molecular flexibility index (Phi) is 3.93. The van der Waals surface area contributed by atoms with E-state index in [1.54, 1.807) is 6.26 Å². The first kappa shape index (κ1) is 11.9. The first-order valence-corrected chi connectivity index (χ1v) is 5.87. The second-order valence-corrected chi connectivity index (χ2v) is 3.89. The van der Waals surface area contributed by atoms with Crippen molar-refractivity contribution in [1.29, 1.82) is 0 Å². The van der Waals surface area contributed by atoms with Crippen LogP contribution in [-0.4, -0.2) is 16.7 Å². The van der Waals surface area contributed by atoms with Crippen molar-refractivity contribution in [3.05, 3.63) is 35.9 Å². The maximum atomic E-state index is 5.57. The highest BCUT2D eigenvalue weighted by molar-refractivity contribution is 5.00. The van der Waals surface area contributed by atoms with Gasteiger partial charge in [0.1, 0.15) is 5.76 Å². The molecule has 0 aliphatic rings. The van der Waals surface area contributed by atoms with E-state index >= 15 is 0 Å². The minimum Gasteiger partial charge on any atom is -0.469 e. The lowest BCUT2D eigenvalue weighted by Gasteiger charge is -2.05. The Balaban J connectivity index is 1.89. The Bertz CT molecular complexity index is 436. The van der Waals surface area contributed by atoms with Crippen LogP contribution >= 0.6 is 0 Å². The van der Waals surface area contributed by atoms with E-state index in [4.69, 9.17) is 8.83 Å². The largest absolute Gasteiger partial charge is 0.469 e. The molecule has 0 aliphatic heterocycles. The number of furan rings is 1. The molecule has 0 spiro atoms. The van der Waals surface area contributed by atoms with Crippen molar-refractivity contribution in [3.8, 4) is 0 Å². The third-order valence-electron chi connectivity index (χ3n) is 2.53. The molecule has 0 aliphatic carbocycles.